The zero-order valence-corrected chi connectivity index (χ0v) is 37.3. The zero-order valence-electron chi connectivity index (χ0n) is 35.7. The number of pyridine rings is 1. The number of carbonyl (C=O) groups is 2. The molecule has 3 N–H and O–H groups in total. The van der Waals surface area contributed by atoms with Crippen LogP contribution in [0.3, 0.4) is 0 Å². The summed E-state index contributed by atoms with van der Waals surface area (Å²) in [6, 6.07) is 22.7. The SMILES string of the molecule is Cc1cc(N(C)c2ccc(-c3cnn(CC45CC6CC(CC(C6)C4)C5)c3C)c(C(=O)NS(=O)(=O)CCNCCC(=O)OCc3ccccc3)n2)nnc1Nc1nc2ccccc2s1. The average molecular weight is 889 g/mol. The van der Waals surface area contributed by atoms with E-state index in [1.807, 2.05) is 74.5 Å². The predicted octanol–water partition coefficient (Wildman–Crippen LogP) is 7.47. The highest BCUT2D eigenvalue weighted by Crippen LogP contribution is 2.60. The molecule has 4 heterocycles. The van der Waals surface area contributed by atoms with Crippen molar-refractivity contribution >= 4 is 66.0 Å². The maximum atomic E-state index is 14.2. The minimum absolute atomic E-state index is 0.00961. The van der Waals surface area contributed by atoms with Crippen LogP contribution in [0.15, 0.2) is 79.0 Å². The number of fused-ring (bicyclic) bond motifs is 1. The number of amides is 1. The summed E-state index contributed by atoms with van der Waals surface area (Å²) < 4.78 is 37.5. The van der Waals surface area contributed by atoms with Gasteiger partial charge >= 0.3 is 5.97 Å². The van der Waals surface area contributed by atoms with Gasteiger partial charge in [-0.15, -0.1) is 10.2 Å². The van der Waals surface area contributed by atoms with E-state index in [1.54, 1.807) is 30.3 Å². The standard InChI is InChI=1S/C46H52N10O5S2/c1-29-19-40(52-53-43(29)51-45-49-37-11-7-8-12-38(37)62-45)55(3)39-14-13-35(36-26-48-56(30(36)2)28-46-23-32-20-33(24-46)22-34(21-32)25-46)42(50-39)44(58)54-63(59,60)18-17-47-16-15-41(57)61-27-31-9-5-4-6-10-31/h4-14,19,26,32-34,47H,15-18,20-25,27-28H2,1-3H3,(H,54,58)(H,49,51,53). The lowest BCUT2D eigenvalue weighted by atomic mass is 9.49. The van der Waals surface area contributed by atoms with Crippen LogP contribution in [0.4, 0.5) is 22.6 Å². The molecule has 4 aliphatic carbocycles. The van der Waals surface area contributed by atoms with E-state index < -0.39 is 27.7 Å². The molecule has 4 aliphatic rings. The first kappa shape index (κ1) is 42.5. The third-order valence-corrected chi connectivity index (χ3v) is 15.1. The lowest BCUT2D eigenvalue weighted by Gasteiger charge is -2.56. The minimum Gasteiger partial charge on any atom is -0.461 e. The van der Waals surface area contributed by atoms with Crippen LogP contribution in [0, 0.1) is 37.0 Å². The first-order valence-corrected chi connectivity index (χ1v) is 24.1. The predicted molar refractivity (Wildman–Crippen MR) is 244 cm³/mol. The Morgan fingerprint density at radius 2 is 1.62 bits per heavy atom. The molecular formula is C46H52N10O5S2. The topological polar surface area (TPSA) is 186 Å². The molecule has 2 aromatic carbocycles. The van der Waals surface area contributed by atoms with Crippen molar-refractivity contribution in [2.45, 2.75) is 71.9 Å². The molecule has 1 amide bonds. The highest BCUT2D eigenvalue weighted by atomic mass is 32.2. The van der Waals surface area contributed by atoms with E-state index in [2.05, 4.69) is 35.2 Å². The largest absolute Gasteiger partial charge is 0.461 e. The molecule has 0 spiro atoms. The van der Waals surface area contributed by atoms with Gasteiger partial charge in [0.15, 0.2) is 16.8 Å². The molecular weight excluding hydrogens is 837 g/mol. The fourth-order valence-electron chi connectivity index (χ4n) is 10.2. The molecule has 17 heteroatoms. The Balaban J connectivity index is 0.917. The molecule has 10 rings (SSSR count). The number of thiazole rings is 1. The second kappa shape index (κ2) is 17.8. The zero-order chi connectivity index (χ0) is 43.7. The summed E-state index contributed by atoms with van der Waals surface area (Å²) in [4.78, 5) is 37.6. The van der Waals surface area contributed by atoms with Crippen LogP contribution in [-0.4, -0.2) is 76.1 Å². The molecule has 4 aromatic heterocycles. The third kappa shape index (κ3) is 9.60. The molecule has 328 valence electrons. The normalized spacial score (nSPS) is 20.2. The van der Waals surface area contributed by atoms with Crippen LogP contribution in [0.2, 0.25) is 0 Å². The lowest BCUT2D eigenvalue weighted by Crippen LogP contribution is -2.48. The quantitative estimate of drug-likeness (QED) is 0.0606. The summed E-state index contributed by atoms with van der Waals surface area (Å²) >= 11 is 1.52. The lowest BCUT2D eigenvalue weighted by molar-refractivity contribution is -0.144. The Morgan fingerprint density at radius 1 is 0.889 bits per heavy atom. The van der Waals surface area contributed by atoms with Gasteiger partial charge in [0, 0.05) is 43.5 Å². The number of nitrogens with zero attached hydrogens (tertiary/aromatic N) is 7. The second-order valence-corrected chi connectivity index (χ2v) is 20.5. The van der Waals surface area contributed by atoms with Crippen LogP contribution >= 0.6 is 11.3 Å². The van der Waals surface area contributed by atoms with Crippen LogP contribution < -0.4 is 20.3 Å². The van der Waals surface area contributed by atoms with Gasteiger partial charge < -0.3 is 20.3 Å². The third-order valence-electron chi connectivity index (χ3n) is 12.9. The minimum atomic E-state index is -4.13. The van der Waals surface area contributed by atoms with Crippen LogP contribution in [0.1, 0.15) is 72.3 Å². The van der Waals surface area contributed by atoms with Crippen molar-refractivity contribution < 1.29 is 22.7 Å². The molecule has 63 heavy (non-hydrogen) atoms. The Bertz CT molecular complexity index is 2690. The number of para-hydroxylation sites is 1. The van der Waals surface area contributed by atoms with E-state index >= 15 is 0 Å². The number of nitrogens with one attached hydrogen (secondary N) is 3. The van der Waals surface area contributed by atoms with Crippen LogP contribution in [0.5, 0.6) is 0 Å². The summed E-state index contributed by atoms with van der Waals surface area (Å²) in [5, 5.41) is 20.7. The number of anilines is 4. The number of benzene rings is 2. The summed E-state index contributed by atoms with van der Waals surface area (Å²) in [6.45, 7) is 5.13. The van der Waals surface area contributed by atoms with Crippen molar-refractivity contribution in [1.82, 2.24) is 40.0 Å². The van der Waals surface area contributed by atoms with E-state index in [0.717, 1.165) is 51.3 Å². The molecule has 0 saturated heterocycles. The van der Waals surface area contributed by atoms with Crippen LogP contribution in [0.25, 0.3) is 21.3 Å². The summed E-state index contributed by atoms with van der Waals surface area (Å²) in [6.07, 6.45) is 9.59. The second-order valence-electron chi connectivity index (χ2n) is 17.6. The number of aryl methyl sites for hydroxylation is 1. The van der Waals surface area contributed by atoms with Crippen LogP contribution in [-0.2, 0) is 32.7 Å². The number of aromatic nitrogens is 6. The highest BCUT2D eigenvalue weighted by Gasteiger charge is 2.51. The number of esters is 1. The summed E-state index contributed by atoms with van der Waals surface area (Å²) in [5.41, 5.74) is 4.84. The monoisotopic (exact) mass is 888 g/mol. The van der Waals surface area contributed by atoms with Crippen molar-refractivity contribution in [3.63, 3.8) is 0 Å². The van der Waals surface area contributed by atoms with E-state index in [9.17, 15) is 18.0 Å². The van der Waals surface area contributed by atoms with Gasteiger partial charge in [-0.3, -0.25) is 14.3 Å². The van der Waals surface area contributed by atoms with Gasteiger partial charge in [-0.05, 0) is 117 Å². The van der Waals surface area contributed by atoms with Crippen molar-refractivity contribution in [2.75, 3.05) is 36.1 Å². The summed E-state index contributed by atoms with van der Waals surface area (Å²) in [7, 11) is -2.36. The highest BCUT2D eigenvalue weighted by molar-refractivity contribution is 7.90. The van der Waals surface area contributed by atoms with Crippen molar-refractivity contribution in [2.24, 2.45) is 23.2 Å². The molecule has 0 unspecified atom stereocenters. The Kier molecular flexibility index (Phi) is 12.0. The summed E-state index contributed by atoms with van der Waals surface area (Å²) in [5.74, 6) is 2.12. The van der Waals surface area contributed by atoms with Gasteiger partial charge in [-0.1, -0.05) is 53.8 Å². The van der Waals surface area contributed by atoms with Gasteiger partial charge in [0.25, 0.3) is 5.91 Å². The first-order chi connectivity index (χ1) is 30.4. The number of sulfonamides is 1. The van der Waals surface area contributed by atoms with E-state index in [-0.39, 0.29) is 37.2 Å². The molecule has 6 aromatic rings. The number of hydrogen-bond donors (Lipinski definition) is 3. The molecule has 4 saturated carbocycles. The van der Waals surface area contributed by atoms with Gasteiger partial charge in [-0.2, -0.15) is 5.10 Å². The average Bonchev–Trinajstić information content (AvgIpc) is 3.84. The van der Waals surface area contributed by atoms with Gasteiger partial charge in [0.2, 0.25) is 10.0 Å². The number of hydrogen-bond acceptors (Lipinski definition) is 14. The number of rotatable bonds is 17. The molecule has 4 fully saturated rings. The van der Waals surface area contributed by atoms with E-state index in [4.69, 9.17) is 14.8 Å². The molecule has 0 atom stereocenters. The van der Waals surface area contributed by atoms with Gasteiger partial charge in [0.05, 0.1) is 28.6 Å². The Morgan fingerprint density at radius 3 is 2.35 bits per heavy atom. The molecule has 0 radical (unpaired) electrons. The van der Waals surface area contributed by atoms with Crippen molar-refractivity contribution in [1.29, 1.82) is 0 Å². The maximum Gasteiger partial charge on any atom is 0.307 e. The van der Waals surface area contributed by atoms with Crippen molar-refractivity contribution in [3.8, 4) is 11.1 Å². The Hall–Kier alpha value is -5.78. The number of ether oxygens (including phenoxy) is 1. The van der Waals surface area contributed by atoms with Gasteiger partial charge in [0.1, 0.15) is 18.1 Å². The molecule has 15 nitrogen and oxygen atoms in total. The molecule has 0 aliphatic heterocycles. The van der Waals surface area contributed by atoms with E-state index in [1.165, 1.54) is 49.9 Å². The Labute approximate surface area is 371 Å². The molecule has 4 bridgehead atoms. The van der Waals surface area contributed by atoms with Crippen molar-refractivity contribution in [3.05, 3.63) is 102 Å². The number of carbonyl (C=O) groups excluding carboxylic acids is 2. The maximum absolute atomic E-state index is 14.2. The fraction of sp³-hybridized carbons (Fsp3) is 0.413. The smallest absolute Gasteiger partial charge is 0.307 e. The fourth-order valence-corrected chi connectivity index (χ4v) is 11.9. The van der Waals surface area contributed by atoms with E-state index in [0.29, 0.717) is 33.7 Å². The van der Waals surface area contributed by atoms with Gasteiger partial charge in [-0.25, -0.2) is 23.1 Å². The first-order valence-electron chi connectivity index (χ1n) is 21.6.